The number of sulfone groups is 1. The molecule has 1 aromatic carbocycles. The zero-order valence-corrected chi connectivity index (χ0v) is 18.4. The fourth-order valence-electron chi connectivity index (χ4n) is 3.30. The van der Waals surface area contributed by atoms with Crippen molar-refractivity contribution in [1.82, 2.24) is 30.1 Å². The summed E-state index contributed by atoms with van der Waals surface area (Å²) in [5, 5.41) is 13.0. The molecule has 1 aliphatic rings. The lowest BCUT2D eigenvalue weighted by atomic mass is 10.3. The molecular formula is C18H19Cl2N7O2S. The lowest BCUT2D eigenvalue weighted by Crippen LogP contribution is -2.46. The minimum absolute atomic E-state index is 0.256. The number of hydrogen-bond acceptors (Lipinski definition) is 8. The fourth-order valence-corrected chi connectivity index (χ4v) is 4.43. The first-order valence-corrected chi connectivity index (χ1v) is 11.8. The van der Waals surface area contributed by atoms with Crippen molar-refractivity contribution >= 4 is 38.9 Å². The number of nitrogens with zero attached hydrogens (tertiary/aromatic N) is 7. The van der Waals surface area contributed by atoms with Crippen molar-refractivity contribution in [2.75, 3.05) is 37.3 Å². The van der Waals surface area contributed by atoms with Gasteiger partial charge in [-0.25, -0.2) is 13.4 Å². The molecule has 30 heavy (non-hydrogen) atoms. The van der Waals surface area contributed by atoms with Crippen LogP contribution in [0.25, 0.3) is 5.69 Å². The minimum Gasteiger partial charge on any atom is -0.353 e. The minimum atomic E-state index is -3.25. The molecule has 0 N–H and O–H groups in total. The number of halogens is 2. The van der Waals surface area contributed by atoms with Crippen LogP contribution in [0.1, 0.15) is 5.82 Å². The van der Waals surface area contributed by atoms with Crippen LogP contribution >= 0.6 is 23.2 Å². The molecule has 0 atom stereocenters. The van der Waals surface area contributed by atoms with Crippen molar-refractivity contribution in [3.63, 3.8) is 0 Å². The standard InChI is InChI=1S/C18H19Cl2N7O2S/c1-30(28,29)15-4-2-14(3-5-15)27-17(22-23-24-27)12-25-6-8-26(9-7-25)18-16(20)10-13(19)11-21-18/h2-5,10-11H,6-9,12H2,1H3. The molecule has 0 radical (unpaired) electrons. The van der Waals surface area contributed by atoms with Gasteiger partial charge in [0, 0.05) is 38.6 Å². The second-order valence-corrected chi connectivity index (χ2v) is 9.85. The van der Waals surface area contributed by atoms with Crippen LogP contribution < -0.4 is 4.90 Å². The Morgan fingerprint density at radius 1 is 1.07 bits per heavy atom. The van der Waals surface area contributed by atoms with Gasteiger partial charge in [-0.15, -0.1) is 5.10 Å². The average molecular weight is 468 g/mol. The van der Waals surface area contributed by atoms with Crippen LogP contribution in [-0.4, -0.2) is 70.9 Å². The van der Waals surface area contributed by atoms with Crippen LogP contribution in [0.3, 0.4) is 0 Å². The molecule has 1 saturated heterocycles. The van der Waals surface area contributed by atoms with E-state index in [1.165, 1.54) is 6.26 Å². The van der Waals surface area contributed by atoms with Crippen molar-refractivity contribution in [1.29, 1.82) is 0 Å². The second kappa shape index (κ2) is 8.46. The Bertz CT molecular complexity index is 1140. The van der Waals surface area contributed by atoms with E-state index < -0.39 is 9.84 Å². The first-order chi connectivity index (χ1) is 14.3. The number of hydrogen-bond donors (Lipinski definition) is 0. The number of piperazine rings is 1. The van der Waals surface area contributed by atoms with Gasteiger partial charge in [-0.1, -0.05) is 23.2 Å². The van der Waals surface area contributed by atoms with Gasteiger partial charge in [0.1, 0.15) is 5.82 Å². The SMILES string of the molecule is CS(=O)(=O)c1ccc(-n2nnnc2CN2CCN(c3ncc(Cl)cc3Cl)CC2)cc1. The molecule has 0 bridgehead atoms. The first kappa shape index (κ1) is 21.0. The smallest absolute Gasteiger partial charge is 0.175 e. The van der Waals surface area contributed by atoms with Crippen molar-refractivity contribution in [2.45, 2.75) is 11.4 Å². The maximum absolute atomic E-state index is 11.6. The third kappa shape index (κ3) is 4.56. The molecule has 12 heteroatoms. The summed E-state index contributed by atoms with van der Waals surface area (Å²) in [5.74, 6) is 1.41. The maximum atomic E-state index is 11.6. The molecule has 2 aromatic heterocycles. The Morgan fingerprint density at radius 3 is 2.40 bits per heavy atom. The monoisotopic (exact) mass is 467 g/mol. The predicted molar refractivity (Wildman–Crippen MR) is 114 cm³/mol. The van der Waals surface area contributed by atoms with Gasteiger partial charge >= 0.3 is 0 Å². The van der Waals surface area contributed by atoms with Gasteiger partial charge in [-0.3, -0.25) is 4.90 Å². The van der Waals surface area contributed by atoms with E-state index in [2.05, 4.69) is 30.3 Å². The Labute approximate surface area is 184 Å². The van der Waals surface area contributed by atoms with Crippen molar-refractivity contribution in [3.8, 4) is 5.69 Å². The Morgan fingerprint density at radius 2 is 1.77 bits per heavy atom. The first-order valence-electron chi connectivity index (χ1n) is 9.17. The third-order valence-corrected chi connectivity index (χ3v) is 6.48. The number of rotatable bonds is 5. The summed E-state index contributed by atoms with van der Waals surface area (Å²) in [6.07, 6.45) is 2.77. The number of benzene rings is 1. The van der Waals surface area contributed by atoms with Gasteiger partial charge in [-0.05, 0) is 40.8 Å². The van der Waals surface area contributed by atoms with E-state index in [4.69, 9.17) is 23.2 Å². The fraction of sp³-hybridized carbons (Fsp3) is 0.333. The molecule has 9 nitrogen and oxygen atoms in total. The highest BCUT2D eigenvalue weighted by Crippen LogP contribution is 2.27. The van der Waals surface area contributed by atoms with Crippen LogP contribution in [-0.2, 0) is 16.4 Å². The molecular weight excluding hydrogens is 449 g/mol. The lowest BCUT2D eigenvalue weighted by Gasteiger charge is -2.35. The number of pyridine rings is 1. The molecule has 0 saturated carbocycles. The number of anilines is 1. The Hall–Kier alpha value is -2.27. The van der Waals surface area contributed by atoms with Gasteiger partial charge in [-0.2, -0.15) is 4.68 Å². The zero-order chi connectivity index (χ0) is 21.3. The summed E-state index contributed by atoms with van der Waals surface area (Å²) in [5.41, 5.74) is 0.707. The molecule has 3 heterocycles. The highest BCUT2D eigenvalue weighted by atomic mass is 35.5. The molecule has 0 amide bonds. The van der Waals surface area contributed by atoms with E-state index in [0.717, 1.165) is 32.0 Å². The summed E-state index contributed by atoms with van der Waals surface area (Å²) in [7, 11) is -3.25. The highest BCUT2D eigenvalue weighted by Gasteiger charge is 2.22. The van der Waals surface area contributed by atoms with Crippen LogP contribution in [0, 0.1) is 0 Å². The van der Waals surface area contributed by atoms with Crippen molar-refractivity contribution < 1.29 is 8.42 Å². The largest absolute Gasteiger partial charge is 0.353 e. The molecule has 1 fully saturated rings. The lowest BCUT2D eigenvalue weighted by molar-refractivity contribution is 0.241. The molecule has 1 aliphatic heterocycles. The number of tetrazole rings is 1. The van der Waals surface area contributed by atoms with E-state index in [0.29, 0.717) is 28.1 Å². The van der Waals surface area contributed by atoms with Gasteiger partial charge in [0.2, 0.25) is 0 Å². The van der Waals surface area contributed by atoms with Crippen LogP contribution in [0.5, 0.6) is 0 Å². The summed E-state index contributed by atoms with van der Waals surface area (Å²) in [4.78, 5) is 8.97. The second-order valence-electron chi connectivity index (χ2n) is 7.00. The highest BCUT2D eigenvalue weighted by molar-refractivity contribution is 7.90. The van der Waals surface area contributed by atoms with Crippen LogP contribution in [0.15, 0.2) is 41.4 Å². The van der Waals surface area contributed by atoms with Gasteiger partial charge in [0.25, 0.3) is 0 Å². The molecule has 0 aliphatic carbocycles. The molecule has 158 valence electrons. The van der Waals surface area contributed by atoms with Crippen LogP contribution in [0.4, 0.5) is 5.82 Å². The van der Waals surface area contributed by atoms with E-state index in [1.807, 2.05) is 0 Å². The third-order valence-electron chi connectivity index (χ3n) is 4.87. The van der Waals surface area contributed by atoms with Gasteiger partial charge < -0.3 is 4.90 Å². The number of aromatic nitrogens is 5. The van der Waals surface area contributed by atoms with E-state index in [1.54, 1.807) is 41.2 Å². The van der Waals surface area contributed by atoms with Crippen molar-refractivity contribution in [3.05, 3.63) is 52.4 Å². The maximum Gasteiger partial charge on any atom is 0.175 e. The molecule has 0 spiro atoms. The van der Waals surface area contributed by atoms with E-state index >= 15 is 0 Å². The summed E-state index contributed by atoms with van der Waals surface area (Å²) >= 11 is 12.2. The molecule has 3 aromatic rings. The van der Waals surface area contributed by atoms with Gasteiger partial charge in [0.15, 0.2) is 15.7 Å². The Balaban J connectivity index is 1.43. The van der Waals surface area contributed by atoms with Crippen molar-refractivity contribution in [2.24, 2.45) is 0 Å². The van der Waals surface area contributed by atoms with E-state index in [-0.39, 0.29) is 4.90 Å². The zero-order valence-electron chi connectivity index (χ0n) is 16.1. The normalized spacial score (nSPS) is 15.5. The summed E-state index contributed by atoms with van der Waals surface area (Å²) in [6.45, 7) is 3.68. The summed E-state index contributed by atoms with van der Waals surface area (Å²) < 4.78 is 24.9. The quantitative estimate of drug-likeness (QED) is 0.562. The Kier molecular flexibility index (Phi) is 5.92. The topological polar surface area (TPSA) is 97.1 Å². The van der Waals surface area contributed by atoms with Gasteiger partial charge in [0.05, 0.1) is 27.2 Å². The molecule has 0 unspecified atom stereocenters. The molecule has 4 rings (SSSR count). The van der Waals surface area contributed by atoms with Crippen LogP contribution in [0.2, 0.25) is 10.0 Å². The predicted octanol–water partition coefficient (Wildman–Crippen LogP) is 2.09. The average Bonchev–Trinajstić information content (AvgIpc) is 3.16. The van der Waals surface area contributed by atoms with E-state index in [9.17, 15) is 8.42 Å². The summed E-state index contributed by atoms with van der Waals surface area (Å²) in [6, 6.07) is 8.20.